The molecular weight excluding hydrogens is 416 g/mol. The normalized spacial score (nSPS) is 12.4. The minimum atomic E-state index is -0.692. The first-order chi connectivity index (χ1) is 13.9. The van der Waals surface area contributed by atoms with Gasteiger partial charge in [0.1, 0.15) is 5.75 Å². The average molecular weight is 439 g/mol. The van der Waals surface area contributed by atoms with Crippen molar-refractivity contribution in [1.82, 2.24) is 18.7 Å². The fourth-order valence-electron chi connectivity index (χ4n) is 2.99. The van der Waals surface area contributed by atoms with Crippen LogP contribution >= 0.6 is 23.4 Å². The zero-order valence-electron chi connectivity index (χ0n) is 16.5. The number of nitrogens with zero attached hydrogens (tertiary/aromatic N) is 4. The Morgan fingerprint density at radius 1 is 1.21 bits per heavy atom. The number of aromatic nitrogens is 4. The van der Waals surface area contributed by atoms with Crippen molar-refractivity contribution < 1.29 is 9.84 Å². The first-order valence-corrected chi connectivity index (χ1v) is 10.5. The quantitative estimate of drug-likeness (QED) is 0.422. The number of benzene rings is 1. The molecule has 10 heteroatoms. The van der Waals surface area contributed by atoms with Crippen molar-refractivity contribution in [3.8, 4) is 5.75 Å². The van der Waals surface area contributed by atoms with Gasteiger partial charge in [0, 0.05) is 32.3 Å². The maximum atomic E-state index is 12.8. The van der Waals surface area contributed by atoms with Gasteiger partial charge in [0.2, 0.25) is 0 Å². The van der Waals surface area contributed by atoms with Crippen LogP contribution in [0.5, 0.6) is 5.75 Å². The maximum absolute atomic E-state index is 12.8. The van der Waals surface area contributed by atoms with Gasteiger partial charge in [-0.2, -0.15) is 0 Å². The lowest BCUT2D eigenvalue weighted by atomic mass is 10.1. The van der Waals surface area contributed by atoms with Crippen molar-refractivity contribution in [3.05, 3.63) is 50.7 Å². The van der Waals surface area contributed by atoms with Crippen molar-refractivity contribution in [2.75, 3.05) is 18.7 Å². The predicted molar refractivity (Wildman–Crippen MR) is 114 cm³/mol. The molecule has 1 N–H and O–H groups in total. The van der Waals surface area contributed by atoms with E-state index in [1.54, 1.807) is 14.2 Å². The standard InChI is InChI=1S/C19H23ClN4O4S/c1-22-16-15(17(26)23(2)19(22)27)24(18(21-16)29-11-13(25)10-20)9-8-12-4-6-14(28-3)7-5-12/h4-7,13,25H,8-11H2,1-3H3. The highest BCUT2D eigenvalue weighted by molar-refractivity contribution is 7.99. The molecule has 0 radical (unpaired) electrons. The second-order valence-corrected chi connectivity index (χ2v) is 7.94. The molecule has 0 aliphatic rings. The molecular formula is C19H23ClN4O4S. The Bertz CT molecular complexity index is 1120. The number of alkyl halides is 1. The first-order valence-electron chi connectivity index (χ1n) is 9.03. The molecule has 0 aliphatic heterocycles. The Kier molecular flexibility index (Phi) is 6.71. The molecule has 1 atom stereocenters. The molecule has 0 bridgehead atoms. The zero-order chi connectivity index (χ0) is 21.1. The number of rotatable bonds is 8. The third-order valence-corrected chi connectivity index (χ3v) is 6.16. The summed E-state index contributed by atoms with van der Waals surface area (Å²) in [6, 6.07) is 7.71. The van der Waals surface area contributed by atoms with Gasteiger partial charge >= 0.3 is 5.69 Å². The number of thioether (sulfide) groups is 1. The topological polar surface area (TPSA) is 91.3 Å². The minimum absolute atomic E-state index is 0.110. The van der Waals surface area contributed by atoms with Crippen molar-refractivity contribution in [1.29, 1.82) is 0 Å². The summed E-state index contributed by atoms with van der Waals surface area (Å²) in [5, 5.41) is 10.4. The third-order valence-electron chi connectivity index (χ3n) is 4.68. The number of imidazole rings is 1. The Balaban J connectivity index is 2.03. The van der Waals surface area contributed by atoms with Crippen molar-refractivity contribution in [3.63, 3.8) is 0 Å². The number of hydrogen-bond donors (Lipinski definition) is 1. The number of aliphatic hydroxyl groups excluding tert-OH is 1. The molecule has 0 saturated heterocycles. The van der Waals surface area contributed by atoms with Gasteiger partial charge in [-0.05, 0) is 24.1 Å². The number of aryl methyl sites for hydroxylation is 3. The van der Waals surface area contributed by atoms with E-state index in [1.807, 2.05) is 28.8 Å². The second-order valence-electron chi connectivity index (χ2n) is 6.64. The lowest BCUT2D eigenvalue weighted by Crippen LogP contribution is -2.37. The van der Waals surface area contributed by atoms with Gasteiger partial charge in [-0.1, -0.05) is 23.9 Å². The summed E-state index contributed by atoms with van der Waals surface area (Å²) in [7, 11) is 4.66. The van der Waals surface area contributed by atoms with Crippen LogP contribution in [-0.4, -0.2) is 48.6 Å². The molecule has 1 aromatic carbocycles. The van der Waals surface area contributed by atoms with Crippen LogP contribution in [0.25, 0.3) is 11.2 Å². The summed E-state index contributed by atoms with van der Waals surface area (Å²) in [4.78, 5) is 29.6. The van der Waals surface area contributed by atoms with Crippen LogP contribution in [-0.2, 0) is 27.1 Å². The van der Waals surface area contributed by atoms with E-state index in [2.05, 4.69) is 4.98 Å². The predicted octanol–water partition coefficient (Wildman–Crippen LogP) is 1.38. The van der Waals surface area contributed by atoms with Crippen LogP contribution in [0.2, 0.25) is 0 Å². The molecule has 3 aromatic rings. The van der Waals surface area contributed by atoms with Crippen molar-refractivity contribution >= 4 is 34.5 Å². The number of ether oxygens (including phenoxy) is 1. The highest BCUT2D eigenvalue weighted by Crippen LogP contribution is 2.23. The smallest absolute Gasteiger partial charge is 0.332 e. The van der Waals surface area contributed by atoms with E-state index in [0.717, 1.165) is 15.9 Å². The van der Waals surface area contributed by atoms with E-state index in [4.69, 9.17) is 16.3 Å². The van der Waals surface area contributed by atoms with Crippen LogP contribution in [0.15, 0.2) is 39.0 Å². The Hall–Kier alpha value is -2.23. The molecule has 0 saturated carbocycles. The fourth-order valence-corrected chi connectivity index (χ4v) is 4.18. The van der Waals surface area contributed by atoms with Crippen LogP contribution in [0.3, 0.4) is 0 Å². The van der Waals surface area contributed by atoms with Gasteiger partial charge in [0.25, 0.3) is 5.56 Å². The van der Waals surface area contributed by atoms with Crippen LogP contribution in [0.4, 0.5) is 0 Å². The molecule has 156 valence electrons. The van der Waals surface area contributed by atoms with E-state index >= 15 is 0 Å². The Labute approximate surface area is 176 Å². The number of halogens is 1. The van der Waals surface area contributed by atoms with Gasteiger partial charge in [-0.25, -0.2) is 9.78 Å². The number of hydrogen-bond acceptors (Lipinski definition) is 6. The molecule has 29 heavy (non-hydrogen) atoms. The molecule has 8 nitrogen and oxygen atoms in total. The van der Waals surface area contributed by atoms with Gasteiger partial charge in [-0.3, -0.25) is 13.9 Å². The summed E-state index contributed by atoms with van der Waals surface area (Å²) >= 11 is 7.00. The Morgan fingerprint density at radius 2 is 1.90 bits per heavy atom. The van der Waals surface area contributed by atoms with Crippen molar-refractivity contribution in [2.45, 2.75) is 24.2 Å². The van der Waals surface area contributed by atoms with E-state index in [-0.39, 0.29) is 5.88 Å². The summed E-state index contributed by atoms with van der Waals surface area (Å²) in [5.41, 5.74) is 0.947. The second kappa shape index (κ2) is 9.06. The number of fused-ring (bicyclic) bond motifs is 1. The van der Waals surface area contributed by atoms with E-state index in [9.17, 15) is 14.7 Å². The molecule has 2 heterocycles. The molecule has 0 aliphatic carbocycles. The SMILES string of the molecule is COc1ccc(CCn2c(SCC(O)CCl)nc3c2c(=O)n(C)c(=O)n3C)cc1. The highest BCUT2D eigenvalue weighted by Gasteiger charge is 2.20. The van der Waals surface area contributed by atoms with Crippen LogP contribution < -0.4 is 16.0 Å². The summed E-state index contributed by atoms with van der Waals surface area (Å²) in [6.45, 7) is 0.496. The van der Waals surface area contributed by atoms with E-state index in [1.165, 1.54) is 23.4 Å². The van der Waals surface area contributed by atoms with Crippen molar-refractivity contribution in [2.24, 2.45) is 14.1 Å². The zero-order valence-corrected chi connectivity index (χ0v) is 18.0. The molecule has 0 spiro atoms. The first kappa shape index (κ1) is 21.5. The largest absolute Gasteiger partial charge is 0.497 e. The minimum Gasteiger partial charge on any atom is -0.497 e. The van der Waals surface area contributed by atoms with Crippen LogP contribution in [0, 0.1) is 0 Å². The lowest BCUT2D eigenvalue weighted by Gasteiger charge is -2.11. The average Bonchev–Trinajstić information content (AvgIpc) is 3.11. The third kappa shape index (κ3) is 4.36. The Morgan fingerprint density at radius 3 is 2.52 bits per heavy atom. The highest BCUT2D eigenvalue weighted by atomic mass is 35.5. The monoisotopic (exact) mass is 438 g/mol. The molecule has 0 amide bonds. The number of aliphatic hydroxyl groups is 1. The molecule has 3 rings (SSSR count). The maximum Gasteiger partial charge on any atom is 0.332 e. The lowest BCUT2D eigenvalue weighted by molar-refractivity contribution is 0.223. The van der Waals surface area contributed by atoms with Gasteiger partial charge in [0.15, 0.2) is 16.3 Å². The van der Waals surface area contributed by atoms with Gasteiger partial charge in [0.05, 0.1) is 13.2 Å². The van der Waals surface area contributed by atoms with Gasteiger partial charge < -0.3 is 14.4 Å². The fraction of sp³-hybridized carbons (Fsp3) is 0.421. The summed E-state index contributed by atoms with van der Waals surface area (Å²) in [6.07, 6.45) is -0.0317. The number of methoxy groups -OCH3 is 1. The van der Waals surface area contributed by atoms with E-state index < -0.39 is 17.4 Å². The van der Waals surface area contributed by atoms with Gasteiger partial charge in [-0.15, -0.1) is 11.6 Å². The summed E-state index contributed by atoms with van der Waals surface area (Å²) in [5.74, 6) is 1.22. The van der Waals surface area contributed by atoms with Crippen LogP contribution in [0.1, 0.15) is 5.56 Å². The van der Waals surface area contributed by atoms with E-state index in [0.29, 0.717) is 35.0 Å². The molecule has 2 aromatic heterocycles. The molecule has 0 fully saturated rings. The summed E-state index contributed by atoms with van der Waals surface area (Å²) < 4.78 is 9.44. The molecule has 1 unspecified atom stereocenters.